The van der Waals surface area contributed by atoms with E-state index in [1.165, 1.54) is 0 Å². The van der Waals surface area contributed by atoms with Gasteiger partial charge in [-0.3, -0.25) is 0 Å². The van der Waals surface area contributed by atoms with Crippen LogP contribution in [0.2, 0.25) is 5.02 Å². The Morgan fingerprint density at radius 3 is 2.93 bits per heavy atom. The molecular weight excluding hydrogens is 200 g/mol. The Morgan fingerprint density at radius 2 is 2.21 bits per heavy atom. The van der Waals surface area contributed by atoms with E-state index in [9.17, 15) is 5.11 Å². The van der Waals surface area contributed by atoms with Crippen LogP contribution >= 0.6 is 11.6 Å². The molecule has 2 aromatic rings. The van der Waals surface area contributed by atoms with Crippen molar-refractivity contribution in [3.8, 4) is 5.75 Å². The summed E-state index contributed by atoms with van der Waals surface area (Å²) >= 11 is 6.01. The summed E-state index contributed by atoms with van der Waals surface area (Å²) in [6, 6.07) is 5.14. The second-order valence-electron chi connectivity index (χ2n) is 3.16. The van der Waals surface area contributed by atoms with Crippen molar-refractivity contribution in [2.24, 2.45) is 5.73 Å². The number of phenols is 1. The second-order valence-corrected chi connectivity index (χ2v) is 3.57. The number of halogens is 1. The van der Waals surface area contributed by atoms with Gasteiger partial charge in [0.25, 0.3) is 0 Å². The average molecular weight is 211 g/mol. The molecule has 0 aliphatic heterocycles. The van der Waals surface area contributed by atoms with Crippen LogP contribution in [0.15, 0.2) is 24.4 Å². The number of aromatic nitrogens is 1. The van der Waals surface area contributed by atoms with E-state index in [0.717, 1.165) is 17.4 Å². The van der Waals surface area contributed by atoms with Crippen molar-refractivity contribution in [1.29, 1.82) is 0 Å². The molecule has 0 spiro atoms. The van der Waals surface area contributed by atoms with Crippen molar-refractivity contribution >= 4 is 22.5 Å². The molecule has 1 aromatic carbocycles. The van der Waals surface area contributed by atoms with Crippen LogP contribution < -0.4 is 5.73 Å². The van der Waals surface area contributed by atoms with Gasteiger partial charge >= 0.3 is 0 Å². The molecule has 1 heterocycles. The van der Waals surface area contributed by atoms with Gasteiger partial charge in [-0.25, -0.2) is 0 Å². The smallest absolute Gasteiger partial charge is 0.116 e. The number of hydrogen-bond acceptors (Lipinski definition) is 2. The molecule has 3 nitrogen and oxygen atoms in total. The first kappa shape index (κ1) is 9.37. The zero-order valence-corrected chi connectivity index (χ0v) is 8.33. The Labute approximate surface area is 86.7 Å². The lowest BCUT2D eigenvalue weighted by Gasteiger charge is -2.01. The number of nitrogens with zero attached hydrogens (tertiary/aromatic N) is 1. The van der Waals surface area contributed by atoms with Crippen molar-refractivity contribution in [3.63, 3.8) is 0 Å². The van der Waals surface area contributed by atoms with E-state index >= 15 is 0 Å². The van der Waals surface area contributed by atoms with E-state index < -0.39 is 0 Å². The summed E-state index contributed by atoms with van der Waals surface area (Å²) in [5, 5.41) is 10.8. The average Bonchev–Trinajstić information content (AvgIpc) is 2.44. The third-order valence-corrected chi connectivity index (χ3v) is 2.49. The number of fused-ring (bicyclic) bond motifs is 1. The van der Waals surface area contributed by atoms with E-state index in [0.29, 0.717) is 11.6 Å². The molecule has 14 heavy (non-hydrogen) atoms. The zero-order valence-electron chi connectivity index (χ0n) is 7.57. The molecule has 2 rings (SSSR count). The number of rotatable bonds is 2. The molecule has 0 aliphatic carbocycles. The Bertz CT molecular complexity index is 464. The van der Waals surface area contributed by atoms with Crippen molar-refractivity contribution in [1.82, 2.24) is 4.57 Å². The van der Waals surface area contributed by atoms with Gasteiger partial charge < -0.3 is 15.4 Å². The van der Waals surface area contributed by atoms with Crippen LogP contribution in [-0.2, 0) is 6.54 Å². The predicted molar refractivity (Wildman–Crippen MR) is 57.7 cm³/mol. The highest BCUT2D eigenvalue weighted by Crippen LogP contribution is 2.28. The van der Waals surface area contributed by atoms with E-state index in [-0.39, 0.29) is 5.75 Å². The summed E-state index contributed by atoms with van der Waals surface area (Å²) in [4.78, 5) is 0. The summed E-state index contributed by atoms with van der Waals surface area (Å²) in [5.41, 5.74) is 6.48. The van der Waals surface area contributed by atoms with Crippen LogP contribution in [-0.4, -0.2) is 16.2 Å². The minimum Gasteiger partial charge on any atom is -0.508 e. The normalized spacial score (nSPS) is 11.0. The monoisotopic (exact) mass is 210 g/mol. The number of phenolic OH excluding ortho intramolecular Hbond substituents is 1. The number of aromatic hydroxyl groups is 1. The van der Waals surface area contributed by atoms with Crippen LogP contribution in [0.1, 0.15) is 0 Å². The molecule has 1 aromatic heterocycles. The van der Waals surface area contributed by atoms with Gasteiger partial charge in [0.15, 0.2) is 0 Å². The van der Waals surface area contributed by atoms with Crippen LogP contribution in [0, 0.1) is 0 Å². The van der Waals surface area contributed by atoms with Gasteiger partial charge in [0, 0.05) is 30.2 Å². The predicted octanol–water partition coefficient (Wildman–Crippen LogP) is 1.96. The van der Waals surface area contributed by atoms with E-state index in [1.54, 1.807) is 12.1 Å². The summed E-state index contributed by atoms with van der Waals surface area (Å²) in [5.74, 6) is 0.227. The molecule has 3 N–H and O–H groups in total. The summed E-state index contributed by atoms with van der Waals surface area (Å²) < 4.78 is 1.98. The highest BCUT2D eigenvalue weighted by Gasteiger charge is 2.06. The van der Waals surface area contributed by atoms with Gasteiger partial charge in [-0.1, -0.05) is 11.6 Å². The molecule has 0 amide bonds. The molecule has 0 bridgehead atoms. The first-order valence-electron chi connectivity index (χ1n) is 4.40. The van der Waals surface area contributed by atoms with Gasteiger partial charge in [0.1, 0.15) is 5.75 Å². The first-order chi connectivity index (χ1) is 6.72. The molecule has 74 valence electrons. The molecule has 0 radical (unpaired) electrons. The lowest BCUT2D eigenvalue weighted by Crippen LogP contribution is -2.08. The fraction of sp³-hybridized carbons (Fsp3) is 0.200. The van der Waals surface area contributed by atoms with Gasteiger partial charge in [0.05, 0.1) is 5.02 Å². The molecular formula is C10H11ClN2O. The maximum Gasteiger partial charge on any atom is 0.116 e. The second kappa shape index (κ2) is 3.52. The zero-order chi connectivity index (χ0) is 10.1. The molecule has 0 aliphatic rings. The summed E-state index contributed by atoms with van der Waals surface area (Å²) in [6.07, 6.45) is 1.83. The fourth-order valence-corrected chi connectivity index (χ4v) is 1.83. The minimum absolute atomic E-state index is 0.227. The Hall–Kier alpha value is -1.19. The maximum atomic E-state index is 9.30. The van der Waals surface area contributed by atoms with Gasteiger partial charge in [-0.05, 0) is 18.2 Å². The van der Waals surface area contributed by atoms with Crippen molar-refractivity contribution in [2.45, 2.75) is 6.54 Å². The van der Waals surface area contributed by atoms with Crippen LogP contribution in [0.25, 0.3) is 10.9 Å². The van der Waals surface area contributed by atoms with E-state index in [2.05, 4.69) is 0 Å². The van der Waals surface area contributed by atoms with Gasteiger partial charge in [0.2, 0.25) is 0 Å². The SMILES string of the molecule is NCCn1cc(Cl)c2cc(O)ccc21. The lowest BCUT2D eigenvalue weighted by atomic mass is 10.2. The molecule has 0 fully saturated rings. The Morgan fingerprint density at radius 1 is 1.43 bits per heavy atom. The quantitative estimate of drug-likeness (QED) is 0.796. The highest BCUT2D eigenvalue weighted by atomic mass is 35.5. The third-order valence-electron chi connectivity index (χ3n) is 2.19. The lowest BCUT2D eigenvalue weighted by molar-refractivity contribution is 0.476. The number of benzene rings is 1. The molecule has 0 saturated heterocycles. The van der Waals surface area contributed by atoms with Crippen LogP contribution in [0.5, 0.6) is 5.75 Å². The number of hydrogen-bond donors (Lipinski definition) is 2. The summed E-state index contributed by atoms with van der Waals surface area (Å²) in [7, 11) is 0. The molecule has 0 atom stereocenters. The van der Waals surface area contributed by atoms with Gasteiger partial charge in [-0.2, -0.15) is 0 Å². The topological polar surface area (TPSA) is 51.2 Å². The highest BCUT2D eigenvalue weighted by molar-refractivity contribution is 6.35. The Kier molecular flexibility index (Phi) is 2.35. The third kappa shape index (κ3) is 1.45. The number of nitrogens with two attached hydrogens (primary N) is 1. The standard InChI is InChI=1S/C10H11ClN2O/c11-9-6-13(4-3-12)10-2-1-7(14)5-8(9)10/h1-2,5-6,14H,3-4,12H2. The molecule has 4 heteroatoms. The molecule has 0 unspecified atom stereocenters. The van der Waals surface area contributed by atoms with Crippen LogP contribution in [0.4, 0.5) is 0 Å². The largest absolute Gasteiger partial charge is 0.508 e. The minimum atomic E-state index is 0.227. The maximum absolute atomic E-state index is 9.30. The molecule has 0 saturated carbocycles. The van der Waals surface area contributed by atoms with Crippen molar-refractivity contribution < 1.29 is 5.11 Å². The first-order valence-corrected chi connectivity index (χ1v) is 4.77. The fourth-order valence-electron chi connectivity index (χ4n) is 1.57. The van der Waals surface area contributed by atoms with Crippen molar-refractivity contribution in [3.05, 3.63) is 29.4 Å². The summed E-state index contributed by atoms with van der Waals surface area (Å²) in [6.45, 7) is 1.30. The van der Waals surface area contributed by atoms with E-state index in [1.807, 2.05) is 16.8 Å². The van der Waals surface area contributed by atoms with Crippen LogP contribution in [0.3, 0.4) is 0 Å². The van der Waals surface area contributed by atoms with Gasteiger partial charge in [-0.15, -0.1) is 0 Å². The van der Waals surface area contributed by atoms with E-state index in [4.69, 9.17) is 17.3 Å². The Balaban J connectivity index is 2.65. The van der Waals surface area contributed by atoms with Crippen molar-refractivity contribution in [2.75, 3.05) is 6.54 Å².